The summed E-state index contributed by atoms with van der Waals surface area (Å²) in [6, 6.07) is 3.87. The Morgan fingerprint density at radius 3 is 3.00 bits per heavy atom. The smallest absolute Gasteiger partial charge is 0.223 e. The second-order valence-corrected chi connectivity index (χ2v) is 7.67. The third-order valence-electron chi connectivity index (χ3n) is 4.95. The van der Waals surface area contributed by atoms with E-state index in [1.807, 2.05) is 4.90 Å². The van der Waals surface area contributed by atoms with Crippen LogP contribution >= 0.6 is 22.9 Å². The van der Waals surface area contributed by atoms with Crippen LogP contribution in [0.25, 0.3) is 0 Å². The van der Waals surface area contributed by atoms with Gasteiger partial charge in [0.2, 0.25) is 5.91 Å². The van der Waals surface area contributed by atoms with Crippen LogP contribution in [0.2, 0.25) is 5.15 Å². The first-order chi connectivity index (χ1) is 11.7. The molecule has 2 aromatic heterocycles. The molecular formula is C17H19ClN2O3S. The normalized spacial score (nSPS) is 19.5. The number of aryl methyl sites for hydroxylation is 1. The number of carbonyl (C=O) groups excluding carboxylic acids is 1. The van der Waals surface area contributed by atoms with Gasteiger partial charge in [-0.1, -0.05) is 16.8 Å². The van der Waals surface area contributed by atoms with Crippen LogP contribution in [-0.4, -0.2) is 35.7 Å². The maximum atomic E-state index is 12.4. The van der Waals surface area contributed by atoms with E-state index in [0.29, 0.717) is 23.8 Å². The summed E-state index contributed by atoms with van der Waals surface area (Å²) >= 11 is 7.52. The number of thiophene rings is 1. The van der Waals surface area contributed by atoms with Crippen molar-refractivity contribution in [1.29, 1.82) is 0 Å². The SMILES string of the molecule is O=C(CCc1cc(Cl)no1)N1CCC2(CC1)OCCc1ccsc12. The number of ether oxygens (including phenoxy) is 1. The van der Waals surface area contributed by atoms with E-state index in [2.05, 4.69) is 16.6 Å². The molecule has 0 aromatic carbocycles. The minimum absolute atomic E-state index is 0.152. The lowest BCUT2D eigenvalue weighted by Crippen LogP contribution is -2.47. The van der Waals surface area contributed by atoms with Crippen LogP contribution < -0.4 is 0 Å². The van der Waals surface area contributed by atoms with Crippen LogP contribution in [-0.2, 0) is 28.0 Å². The van der Waals surface area contributed by atoms with Crippen molar-refractivity contribution in [2.24, 2.45) is 0 Å². The van der Waals surface area contributed by atoms with E-state index in [1.54, 1.807) is 17.4 Å². The molecule has 2 aromatic rings. The van der Waals surface area contributed by atoms with Crippen molar-refractivity contribution in [3.8, 4) is 0 Å². The lowest BCUT2D eigenvalue weighted by molar-refractivity contribution is -0.140. The summed E-state index contributed by atoms with van der Waals surface area (Å²) in [4.78, 5) is 15.7. The largest absolute Gasteiger partial charge is 0.369 e. The molecule has 4 heterocycles. The number of carbonyl (C=O) groups is 1. The third-order valence-corrected chi connectivity index (χ3v) is 6.27. The lowest BCUT2D eigenvalue weighted by Gasteiger charge is -2.43. The lowest BCUT2D eigenvalue weighted by atomic mass is 9.85. The summed E-state index contributed by atoms with van der Waals surface area (Å²) in [7, 11) is 0. The van der Waals surface area contributed by atoms with Gasteiger partial charge in [-0.25, -0.2) is 0 Å². The number of aromatic nitrogens is 1. The second-order valence-electron chi connectivity index (χ2n) is 6.36. The van der Waals surface area contributed by atoms with Crippen LogP contribution in [0.1, 0.15) is 35.5 Å². The Kier molecular flexibility index (Phi) is 4.37. The molecule has 0 atom stereocenters. The van der Waals surface area contributed by atoms with Crippen molar-refractivity contribution in [1.82, 2.24) is 10.1 Å². The Hall–Kier alpha value is -1.37. The van der Waals surface area contributed by atoms with Crippen molar-refractivity contribution in [2.75, 3.05) is 19.7 Å². The Bertz CT molecular complexity index is 734. The molecule has 1 saturated heterocycles. The first-order valence-electron chi connectivity index (χ1n) is 8.26. The molecule has 7 heteroatoms. The number of amides is 1. The fourth-order valence-electron chi connectivity index (χ4n) is 3.64. The van der Waals surface area contributed by atoms with Gasteiger partial charge in [-0.05, 0) is 36.3 Å². The summed E-state index contributed by atoms with van der Waals surface area (Å²) in [6.07, 6.45) is 3.71. The highest BCUT2D eigenvalue weighted by molar-refractivity contribution is 7.10. The van der Waals surface area contributed by atoms with Crippen LogP contribution in [0.3, 0.4) is 0 Å². The molecule has 0 aliphatic carbocycles. The fraction of sp³-hybridized carbons (Fsp3) is 0.529. The van der Waals surface area contributed by atoms with Crippen molar-refractivity contribution < 1.29 is 14.1 Å². The predicted molar refractivity (Wildman–Crippen MR) is 91.3 cm³/mol. The Labute approximate surface area is 149 Å². The minimum atomic E-state index is -0.170. The molecule has 0 saturated carbocycles. The van der Waals surface area contributed by atoms with E-state index in [9.17, 15) is 4.79 Å². The molecule has 1 spiro atoms. The van der Waals surface area contributed by atoms with Gasteiger partial charge in [0.15, 0.2) is 5.15 Å². The second kappa shape index (κ2) is 6.50. The van der Waals surface area contributed by atoms with Gasteiger partial charge in [-0.3, -0.25) is 4.79 Å². The molecule has 1 fully saturated rings. The fourth-order valence-corrected chi connectivity index (χ4v) is 4.96. The van der Waals surface area contributed by atoms with Crippen molar-refractivity contribution in [2.45, 2.75) is 37.7 Å². The van der Waals surface area contributed by atoms with Gasteiger partial charge < -0.3 is 14.2 Å². The number of halogens is 1. The molecule has 2 aliphatic heterocycles. The molecule has 1 amide bonds. The third kappa shape index (κ3) is 2.98. The van der Waals surface area contributed by atoms with Crippen LogP contribution in [0, 0.1) is 0 Å². The number of nitrogens with zero attached hydrogens (tertiary/aromatic N) is 2. The number of likely N-dealkylation sites (tertiary alicyclic amines) is 1. The minimum Gasteiger partial charge on any atom is -0.369 e. The molecule has 0 unspecified atom stereocenters. The average molecular weight is 367 g/mol. The van der Waals surface area contributed by atoms with E-state index in [1.165, 1.54) is 10.4 Å². The highest BCUT2D eigenvalue weighted by atomic mass is 35.5. The molecule has 2 aliphatic rings. The Morgan fingerprint density at radius 1 is 1.42 bits per heavy atom. The standard InChI is InChI=1S/C17H19ClN2O3S/c18-14-11-13(23-19-14)1-2-15(21)20-7-5-17(6-8-20)16-12(3-9-22-17)4-10-24-16/h4,10-11H,1-3,5-9H2. The van der Waals surface area contributed by atoms with Gasteiger partial charge >= 0.3 is 0 Å². The average Bonchev–Trinajstić information content (AvgIpc) is 3.23. The van der Waals surface area contributed by atoms with Crippen LogP contribution in [0.4, 0.5) is 0 Å². The number of hydrogen-bond donors (Lipinski definition) is 0. The molecule has 0 N–H and O–H groups in total. The molecule has 128 valence electrons. The highest BCUT2D eigenvalue weighted by Gasteiger charge is 2.42. The summed E-state index contributed by atoms with van der Waals surface area (Å²) in [5.41, 5.74) is 1.25. The molecule has 24 heavy (non-hydrogen) atoms. The van der Waals surface area contributed by atoms with E-state index in [-0.39, 0.29) is 11.5 Å². The zero-order chi connectivity index (χ0) is 16.6. The molecule has 0 bridgehead atoms. The van der Waals surface area contributed by atoms with E-state index >= 15 is 0 Å². The van der Waals surface area contributed by atoms with E-state index in [4.69, 9.17) is 20.9 Å². The summed E-state index contributed by atoms with van der Waals surface area (Å²) in [5.74, 6) is 0.806. The maximum Gasteiger partial charge on any atom is 0.223 e. The molecule has 0 radical (unpaired) electrons. The zero-order valence-corrected chi connectivity index (χ0v) is 14.9. The van der Waals surface area contributed by atoms with Gasteiger partial charge in [0.05, 0.1) is 6.61 Å². The summed E-state index contributed by atoms with van der Waals surface area (Å²) in [6.45, 7) is 2.27. The van der Waals surface area contributed by atoms with Crippen molar-refractivity contribution >= 4 is 28.8 Å². The van der Waals surface area contributed by atoms with Gasteiger partial charge in [0, 0.05) is 36.9 Å². The Balaban J connectivity index is 1.36. The van der Waals surface area contributed by atoms with Crippen molar-refractivity contribution in [3.05, 3.63) is 38.9 Å². The van der Waals surface area contributed by atoms with Crippen molar-refractivity contribution in [3.63, 3.8) is 0 Å². The van der Waals surface area contributed by atoms with Gasteiger partial charge in [-0.2, -0.15) is 0 Å². The summed E-state index contributed by atoms with van der Waals surface area (Å²) < 4.78 is 11.2. The topological polar surface area (TPSA) is 55.6 Å². The van der Waals surface area contributed by atoms with Crippen LogP contribution in [0.5, 0.6) is 0 Å². The zero-order valence-electron chi connectivity index (χ0n) is 13.3. The van der Waals surface area contributed by atoms with E-state index in [0.717, 1.165) is 39.0 Å². The first-order valence-corrected chi connectivity index (χ1v) is 9.52. The predicted octanol–water partition coefficient (Wildman–Crippen LogP) is 3.41. The maximum absolute atomic E-state index is 12.4. The van der Waals surface area contributed by atoms with Gasteiger partial charge in [0.1, 0.15) is 11.4 Å². The first kappa shape index (κ1) is 16.1. The molecular weight excluding hydrogens is 348 g/mol. The quantitative estimate of drug-likeness (QED) is 0.835. The Morgan fingerprint density at radius 2 is 2.25 bits per heavy atom. The molecule has 5 nitrogen and oxygen atoms in total. The van der Waals surface area contributed by atoms with E-state index < -0.39 is 0 Å². The highest BCUT2D eigenvalue weighted by Crippen LogP contribution is 2.44. The number of piperidine rings is 1. The molecule has 4 rings (SSSR count). The number of fused-ring (bicyclic) bond motifs is 2. The monoisotopic (exact) mass is 366 g/mol. The van der Waals surface area contributed by atoms with Crippen LogP contribution in [0.15, 0.2) is 22.0 Å². The number of hydrogen-bond acceptors (Lipinski definition) is 5. The number of rotatable bonds is 3. The van der Waals surface area contributed by atoms with Gasteiger partial charge in [0.25, 0.3) is 0 Å². The van der Waals surface area contributed by atoms with Gasteiger partial charge in [-0.15, -0.1) is 11.3 Å². The summed E-state index contributed by atoms with van der Waals surface area (Å²) in [5, 5.41) is 6.12.